The molecule has 2 aromatic rings. The molecule has 0 aromatic heterocycles. The van der Waals surface area contributed by atoms with E-state index < -0.39 is 29.8 Å². The van der Waals surface area contributed by atoms with E-state index in [2.05, 4.69) is 36.6 Å². The van der Waals surface area contributed by atoms with Crippen molar-refractivity contribution >= 4 is 24.2 Å². The van der Waals surface area contributed by atoms with Crippen LogP contribution in [0.3, 0.4) is 0 Å². The van der Waals surface area contributed by atoms with Gasteiger partial charge in [0.05, 0.1) is 24.7 Å². The van der Waals surface area contributed by atoms with E-state index >= 15 is 0 Å². The van der Waals surface area contributed by atoms with Crippen LogP contribution in [0.25, 0.3) is 0 Å². The van der Waals surface area contributed by atoms with Crippen LogP contribution in [0.15, 0.2) is 42.5 Å². The lowest BCUT2D eigenvalue weighted by Crippen LogP contribution is -2.58. The first kappa shape index (κ1) is 33.6. The molecule has 0 aliphatic carbocycles. The van der Waals surface area contributed by atoms with Crippen molar-refractivity contribution in [3.8, 4) is 0 Å². The summed E-state index contributed by atoms with van der Waals surface area (Å²) in [6.07, 6.45) is 1.90. The summed E-state index contributed by atoms with van der Waals surface area (Å²) in [6, 6.07) is 9.94. The van der Waals surface area contributed by atoms with Gasteiger partial charge < -0.3 is 20.6 Å². The number of hydrogen-bond donors (Lipinski definition) is 3. The van der Waals surface area contributed by atoms with Gasteiger partial charge >= 0.3 is 0 Å². The minimum Gasteiger partial charge on any atom is -0.390 e. The average molecular weight is 581 g/mol. The highest BCUT2D eigenvalue weighted by Gasteiger charge is 2.32. The van der Waals surface area contributed by atoms with Crippen molar-refractivity contribution in [2.24, 2.45) is 0 Å². The first-order valence-corrected chi connectivity index (χ1v) is 13.9. The Hall–Kier alpha value is -2.59. The van der Waals surface area contributed by atoms with E-state index in [9.17, 15) is 23.5 Å². The number of amides is 2. The van der Waals surface area contributed by atoms with Gasteiger partial charge in [0, 0.05) is 38.8 Å². The van der Waals surface area contributed by atoms with Crippen molar-refractivity contribution in [2.75, 3.05) is 32.7 Å². The molecule has 0 spiro atoms. The first-order valence-electron chi connectivity index (χ1n) is 13.9. The fourth-order valence-corrected chi connectivity index (χ4v) is 4.84. The molecule has 0 radical (unpaired) electrons. The molecule has 10 heteroatoms. The Labute approximate surface area is 242 Å². The number of aryl methyl sites for hydroxylation is 1. The van der Waals surface area contributed by atoms with E-state index in [1.54, 1.807) is 6.92 Å². The predicted molar refractivity (Wildman–Crippen MR) is 155 cm³/mol. The maximum absolute atomic E-state index is 13.9. The van der Waals surface area contributed by atoms with Crippen molar-refractivity contribution in [1.82, 2.24) is 20.4 Å². The van der Waals surface area contributed by atoms with Crippen LogP contribution in [-0.4, -0.2) is 77.6 Å². The summed E-state index contributed by atoms with van der Waals surface area (Å²) in [5.74, 6) is -1.78. The first-order chi connectivity index (χ1) is 18.7. The molecule has 1 heterocycles. The van der Waals surface area contributed by atoms with Gasteiger partial charge in [-0.1, -0.05) is 44.5 Å². The van der Waals surface area contributed by atoms with Gasteiger partial charge in [-0.2, -0.15) is 0 Å². The summed E-state index contributed by atoms with van der Waals surface area (Å²) < 4.78 is 27.7. The highest BCUT2D eigenvalue weighted by Crippen LogP contribution is 2.14. The zero-order valence-electron chi connectivity index (χ0n) is 23.7. The van der Waals surface area contributed by atoms with Crippen LogP contribution in [0.1, 0.15) is 50.3 Å². The van der Waals surface area contributed by atoms with Gasteiger partial charge in [-0.3, -0.25) is 14.5 Å². The Morgan fingerprint density at radius 2 is 1.75 bits per heavy atom. The molecular weight excluding hydrogens is 538 g/mol. The predicted octanol–water partition coefficient (Wildman–Crippen LogP) is 3.46. The Balaban J connectivity index is 0.00000560. The van der Waals surface area contributed by atoms with Gasteiger partial charge in [-0.05, 0) is 55.0 Å². The normalized spacial score (nSPS) is 16.2. The van der Waals surface area contributed by atoms with Crippen molar-refractivity contribution in [3.63, 3.8) is 0 Å². The number of carbonyl (C=O) groups excluding carboxylic acids is 2. The van der Waals surface area contributed by atoms with Crippen molar-refractivity contribution in [3.05, 3.63) is 70.8 Å². The Morgan fingerprint density at radius 1 is 1.05 bits per heavy atom. The molecule has 1 aliphatic rings. The van der Waals surface area contributed by atoms with Gasteiger partial charge in [-0.15, -0.1) is 12.4 Å². The van der Waals surface area contributed by atoms with Crippen molar-refractivity contribution in [2.45, 2.75) is 71.2 Å². The summed E-state index contributed by atoms with van der Waals surface area (Å²) in [5, 5.41) is 17.2. The Morgan fingerprint density at radius 3 is 2.40 bits per heavy atom. The summed E-state index contributed by atoms with van der Waals surface area (Å²) in [6.45, 7) is 8.60. The summed E-state index contributed by atoms with van der Waals surface area (Å²) in [5.41, 5.74) is 2.62. The third-order valence-electron chi connectivity index (χ3n) is 7.31. The van der Waals surface area contributed by atoms with Crippen LogP contribution >= 0.6 is 12.4 Å². The van der Waals surface area contributed by atoms with E-state index in [0.29, 0.717) is 25.2 Å². The number of benzene rings is 2. The lowest BCUT2D eigenvalue weighted by Gasteiger charge is -2.37. The molecule has 1 aliphatic heterocycles. The van der Waals surface area contributed by atoms with Gasteiger partial charge in [-0.25, -0.2) is 8.78 Å². The highest BCUT2D eigenvalue weighted by molar-refractivity contribution is 5.85. The number of nitrogens with one attached hydrogen (secondary N) is 2. The van der Waals surface area contributed by atoms with E-state index in [1.165, 1.54) is 17.7 Å². The molecule has 0 bridgehead atoms. The average Bonchev–Trinajstić information content (AvgIpc) is 2.91. The number of rotatable bonds is 14. The highest BCUT2D eigenvalue weighted by atomic mass is 35.5. The summed E-state index contributed by atoms with van der Waals surface area (Å²) >= 11 is 0. The zero-order valence-corrected chi connectivity index (χ0v) is 24.5. The third kappa shape index (κ3) is 10.1. The summed E-state index contributed by atoms with van der Waals surface area (Å²) in [7, 11) is 0. The van der Waals surface area contributed by atoms with Crippen LogP contribution in [0, 0.1) is 11.6 Å². The maximum atomic E-state index is 13.9. The molecule has 1 saturated heterocycles. The molecule has 2 amide bonds. The monoisotopic (exact) mass is 580 g/mol. The molecule has 3 rings (SSSR count). The number of hydrogen-bond acceptors (Lipinski definition) is 5. The Kier molecular flexibility index (Phi) is 14.0. The second kappa shape index (κ2) is 16.6. The minimum atomic E-state index is -1.02. The molecule has 0 unspecified atom stereocenters. The quantitative estimate of drug-likeness (QED) is 0.319. The van der Waals surface area contributed by atoms with Crippen molar-refractivity contribution < 1.29 is 23.5 Å². The molecule has 3 N–H and O–H groups in total. The van der Waals surface area contributed by atoms with Gasteiger partial charge in [0.15, 0.2) is 0 Å². The van der Waals surface area contributed by atoms with E-state index in [-0.39, 0.29) is 43.7 Å². The third-order valence-corrected chi connectivity index (χ3v) is 7.31. The SMILES string of the molecule is CCCCN1CCN([C@@H](C)C(=O)N[C@@H](Cc2cc(F)cc(F)c2)[C@@H](O)CNCc2cccc(CC)c2)CC1=O.Cl. The van der Waals surface area contributed by atoms with Crippen molar-refractivity contribution in [1.29, 1.82) is 0 Å². The van der Waals surface area contributed by atoms with Gasteiger partial charge in [0.2, 0.25) is 11.8 Å². The van der Waals surface area contributed by atoms with Crippen LogP contribution in [0.4, 0.5) is 8.78 Å². The van der Waals surface area contributed by atoms with E-state index in [4.69, 9.17) is 0 Å². The zero-order chi connectivity index (χ0) is 28.4. The van der Waals surface area contributed by atoms with Gasteiger partial charge in [0.25, 0.3) is 0 Å². The second-order valence-corrected chi connectivity index (χ2v) is 10.3. The van der Waals surface area contributed by atoms with E-state index in [1.807, 2.05) is 21.9 Å². The van der Waals surface area contributed by atoms with Crippen LogP contribution < -0.4 is 10.6 Å². The number of halogens is 3. The second-order valence-electron chi connectivity index (χ2n) is 10.3. The number of unbranched alkanes of at least 4 members (excludes halogenated alkanes) is 1. The molecule has 3 atom stereocenters. The molecule has 0 saturated carbocycles. The Bertz CT molecular complexity index is 1090. The van der Waals surface area contributed by atoms with Crippen LogP contribution in [-0.2, 0) is 29.0 Å². The minimum absolute atomic E-state index is 0. The molecule has 7 nitrogen and oxygen atoms in total. The summed E-state index contributed by atoms with van der Waals surface area (Å²) in [4.78, 5) is 29.5. The number of aliphatic hydroxyl groups is 1. The smallest absolute Gasteiger partial charge is 0.237 e. The molecular formula is C30H43ClF2N4O3. The lowest BCUT2D eigenvalue weighted by atomic mass is 10.00. The number of aliphatic hydroxyl groups excluding tert-OH is 1. The molecule has 1 fully saturated rings. The molecule has 2 aromatic carbocycles. The number of carbonyl (C=O) groups is 2. The fourth-order valence-electron chi connectivity index (χ4n) is 4.84. The van der Waals surface area contributed by atoms with Crippen LogP contribution in [0.2, 0.25) is 0 Å². The standard InChI is InChI=1S/C30H42F2N4O3.ClH/c1-4-6-10-35-11-12-36(20-29(35)38)21(3)30(39)34-27(16-24-14-25(31)17-26(32)15-24)28(37)19-33-18-23-9-7-8-22(5-2)13-23;/h7-9,13-15,17,21,27-28,33,37H,4-6,10-12,16,18-20H2,1-3H3,(H,34,39);1H/t21-,27-,28-;/m0./s1. The van der Waals surface area contributed by atoms with Crippen LogP contribution in [0.5, 0.6) is 0 Å². The largest absolute Gasteiger partial charge is 0.390 e. The number of nitrogens with zero attached hydrogens (tertiary/aromatic N) is 2. The topological polar surface area (TPSA) is 84.9 Å². The molecule has 222 valence electrons. The van der Waals surface area contributed by atoms with Gasteiger partial charge in [0.1, 0.15) is 11.6 Å². The maximum Gasteiger partial charge on any atom is 0.237 e. The lowest BCUT2D eigenvalue weighted by molar-refractivity contribution is -0.139. The number of piperazine rings is 1. The molecule has 40 heavy (non-hydrogen) atoms. The fraction of sp³-hybridized carbons (Fsp3) is 0.533. The van der Waals surface area contributed by atoms with E-state index in [0.717, 1.165) is 37.4 Å².